The summed E-state index contributed by atoms with van der Waals surface area (Å²) < 4.78 is 39.8. The summed E-state index contributed by atoms with van der Waals surface area (Å²) in [6.45, 7) is 3.08. The highest BCUT2D eigenvalue weighted by molar-refractivity contribution is 7.22. The fourth-order valence-electron chi connectivity index (χ4n) is 3.51. The van der Waals surface area contributed by atoms with Gasteiger partial charge in [-0.05, 0) is 74.0 Å². The maximum absolute atomic E-state index is 13.0. The van der Waals surface area contributed by atoms with Gasteiger partial charge in [-0.15, -0.1) is 0 Å². The van der Waals surface area contributed by atoms with E-state index in [1.165, 1.54) is 23.5 Å². The molecule has 0 saturated heterocycles. The molecule has 0 radical (unpaired) electrons. The number of alkyl halides is 3. The predicted octanol–water partition coefficient (Wildman–Crippen LogP) is 5.89. The summed E-state index contributed by atoms with van der Waals surface area (Å²) in [5.74, 6) is -1.05. The van der Waals surface area contributed by atoms with Crippen LogP contribution in [-0.2, 0) is 6.18 Å². The van der Waals surface area contributed by atoms with Crippen molar-refractivity contribution in [3.63, 3.8) is 0 Å². The molecule has 0 spiro atoms. The van der Waals surface area contributed by atoms with Gasteiger partial charge in [0.2, 0.25) is 0 Å². The van der Waals surface area contributed by atoms with Crippen LogP contribution < -0.4 is 21.7 Å². The lowest BCUT2D eigenvalue weighted by Gasteiger charge is -2.13. The van der Waals surface area contributed by atoms with Crippen LogP contribution in [0.15, 0.2) is 60.7 Å². The highest BCUT2D eigenvalue weighted by atomic mass is 32.1. The Bertz CT molecular complexity index is 1450. The lowest BCUT2D eigenvalue weighted by molar-refractivity contribution is -0.137. The van der Waals surface area contributed by atoms with Crippen LogP contribution in [0.5, 0.6) is 0 Å². The van der Waals surface area contributed by atoms with Crippen LogP contribution in [0.25, 0.3) is 10.2 Å². The van der Waals surface area contributed by atoms with Gasteiger partial charge in [0.15, 0.2) is 5.13 Å². The van der Waals surface area contributed by atoms with Gasteiger partial charge in [0.1, 0.15) is 0 Å². The van der Waals surface area contributed by atoms with Crippen LogP contribution >= 0.6 is 11.3 Å². The van der Waals surface area contributed by atoms with Gasteiger partial charge < -0.3 is 21.7 Å². The number of anilines is 3. The number of nitrogens with zero attached hydrogens (tertiary/aromatic N) is 1. The minimum absolute atomic E-state index is 0.129. The molecule has 3 aromatic carbocycles. The minimum Gasteiger partial charge on any atom is -0.361 e. The molecule has 0 bridgehead atoms. The highest BCUT2D eigenvalue weighted by Gasteiger charge is 2.30. The number of nitrogens with one attached hydrogen (secondary N) is 3. The van der Waals surface area contributed by atoms with E-state index in [-0.39, 0.29) is 11.5 Å². The Morgan fingerprint density at radius 2 is 1.73 bits per heavy atom. The second-order valence-electron chi connectivity index (χ2n) is 8.29. The lowest BCUT2D eigenvalue weighted by Crippen LogP contribution is -2.15. The molecule has 11 heteroatoms. The van der Waals surface area contributed by atoms with Crippen molar-refractivity contribution in [3.05, 3.63) is 82.9 Å². The molecule has 0 unspecified atom stereocenters. The topological polar surface area (TPSA) is 109 Å². The first-order valence-corrected chi connectivity index (χ1v) is 12.2. The Morgan fingerprint density at radius 1 is 0.973 bits per heavy atom. The Kier molecular flexibility index (Phi) is 7.74. The zero-order chi connectivity index (χ0) is 26.6. The lowest BCUT2D eigenvalue weighted by atomic mass is 10.1. The van der Waals surface area contributed by atoms with Gasteiger partial charge in [-0.3, -0.25) is 9.59 Å². The van der Waals surface area contributed by atoms with Crippen LogP contribution in [0.3, 0.4) is 0 Å². The molecule has 1 heterocycles. The first-order valence-electron chi connectivity index (χ1n) is 11.4. The van der Waals surface area contributed by atoms with Crippen molar-refractivity contribution in [1.82, 2.24) is 4.98 Å². The molecule has 0 saturated carbocycles. The Labute approximate surface area is 214 Å². The standard InChI is InChI=1S/C26H24F3N5O2S/c1-15-6-8-19(32-23(35)16-4-2-5-18(12-16)26(27,28)29)14-21(15)33-24(36)17-7-9-20-22(13-17)37-25(34-20)31-11-3-10-30/h2,4-9,12-14H,3,10-11,30H2,1H3,(H,31,34)(H,32,35)(H,33,36). The van der Waals surface area contributed by atoms with E-state index in [4.69, 9.17) is 5.73 Å². The van der Waals surface area contributed by atoms with Gasteiger partial charge >= 0.3 is 6.18 Å². The number of fused-ring (bicyclic) bond motifs is 1. The van der Waals surface area contributed by atoms with Crippen molar-refractivity contribution in [3.8, 4) is 0 Å². The number of thiazole rings is 1. The van der Waals surface area contributed by atoms with E-state index in [0.29, 0.717) is 30.0 Å². The second-order valence-corrected chi connectivity index (χ2v) is 9.32. The van der Waals surface area contributed by atoms with Crippen molar-refractivity contribution in [2.24, 2.45) is 5.73 Å². The van der Waals surface area contributed by atoms with E-state index in [1.807, 2.05) is 0 Å². The minimum atomic E-state index is -4.55. The molecular weight excluding hydrogens is 503 g/mol. The van der Waals surface area contributed by atoms with Crippen LogP contribution in [0, 0.1) is 6.92 Å². The van der Waals surface area contributed by atoms with Gasteiger partial charge in [-0.2, -0.15) is 13.2 Å². The number of nitrogens with two attached hydrogens (primary N) is 1. The number of carbonyl (C=O) groups excluding carboxylic acids is 2. The molecule has 0 aliphatic rings. The van der Waals surface area contributed by atoms with Gasteiger partial charge in [-0.1, -0.05) is 23.5 Å². The normalized spacial score (nSPS) is 11.4. The molecule has 0 atom stereocenters. The van der Waals surface area contributed by atoms with Crippen molar-refractivity contribution < 1.29 is 22.8 Å². The fraction of sp³-hybridized carbons (Fsp3) is 0.192. The number of halogens is 3. The highest BCUT2D eigenvalue weighted by Crippen LogP contribution is 2.30. The second kappa shape index (κ2) is 11.0. The number of carbonyl (C=O) groups is 2. The van der Waals surface area contributed by atoms with Crippen LogP contribution in [0.2, 0.25) is 0 Å². The number of benzene rings is 3. The molecule has 4 aromatic rings. The third-order valence-corrected chi connectivity index (χ3v) is 6.48. The van der Waals surface area contributed by atoms with Crippen LogP contribution in [0.1, 0.15) is 38.3 Å². The Morgan fingerprint density at radius 3 is 2.49 bits per heavy atom. The number of rotatable bonds is 8. The van der Waals surface area contributed by atoms with Gasteiger partial charge in [-0.25, -0.2) is 4.98 Å². The van der Waals surface area contributed by atoms with Gasteiger partial charge in [0.05, 0.1) is 15.8 Å². The molecule has 1 aromatic heterocycles. The molecule has 192 valence electrons. The molecule has 7 nitrogen and oxygen atoms in total. The third-order valence-electron chi connectivity index (χ3n) is 5.50. The molecule has 0 fully saturated rings. The number of hydrogen-bond acceptors (Lipinski definition) is 6. The Balaban J connectivity index is 1.48. The zero-order valence-corrected chi connectivity index (χ0v) is 20.6. The average molecular weight is 528 g/mol. The molecular formula is C26H24F3N5O2S. The van der Waals surface area contributed by atoms with E-state index in [2.05, 4.69) is 20.9 Å². The predicted molar refractivity (Wildman–Crippen MR) is 140 cm³/mol. The maximum Gasteiger partial charge on any atom is 0.416 e. The van der Waals surface area contributed by atoms with E-state index < -0.39 is 17.6 Å². The molecule has 5 N–H and O–H groups in total. The SMILES string of the molecule is Cc1ccc(NC(=O)c2cccc(C(F)(F)F)c2)cc1NC(=O)c1ccc2nc(NCCCN)sc2c1. The average Bonchev–Trinajstić information content (AvgIpc) is 3.27. The zero-order valence-electron chi connectivity index (χ0n) is 19.8. The molecule has 0 aliphatic carbocycles. The summed E-state index contributed by atoms with van der Waals surface area (Å²) in [5, 5.41) is 9.39. The summed E-state index contributed by atoms with van der Waals surface area (Å²) >= 11 is 1.44. The smallest absolute Gasteiger partial charge is 0.361 e. The van der Waals surface area contributed by atoms with Crippen molar-refractivity contribution >= 4 is 49.9 Å². The van der Waals surface area contributed by atoms with Crippen LogP contribution in [-0.4, -0.2) is 29.9 Å². The summed E-state index contributed by atoms with van der Waals surface area (Å²) in [4.78, 5) is 30.0. The van der Waals surface area contributed by atoms with Crippen molar-refractivity contribution in [1.29, 1.82) is 0 Å². The van der Waals surface area contributed by atoms with E-state index in [1.54, 1.807) is 43.3 Å². The first kappa shape index (κ1) is 26.1. The fourth-order valence-corrected chi connectivity index (χ4v) is 4.44. The number of aryl methyl sites for hydroxylation is 1. The maximum atomic E-state index is 13.0. The molecule has 0 aliphatic heterocycles. The number of hydrogen-bond donors (Lipinski definition) is 4. The first-order chi connectivity index (χ1) is 17.6. The number of amides is 2. The molecule has 37 heavy (non-hydrogen) atoms. The van der Waals surface area contributed by atoms with Gasteiger partial charge in [0.25, 0.3) is 11.8 Å². The van der Waals surface area contributed by atoms with E-state index in [0.717, 1.165) is 39.5 Å². The Hall–Kier alpha value is -3.96. The molecule has 2 amide bonds. The quantitative estimate of drug-likeness (QED) is 0.214. The van der Waals surface area contributed by atoms with Gasteiger partial charge in [0, 0.05) is 29.0 Å². The van der Waals surface area contributed by atoms with E-state index >= 15 is 0 Å². The monoisotopic (exact) mass is 527 g/mol. The van der Waals surface area contributed by atoms with Crippen LogP contribution in [0.4, 0.5) is 29.7 Å². The van der Waals surface area contributed by atoms with Crippen molar-refractivity contribution in [2.75, 3.05) is 29.0 Å². The van der Waals surface area contributed by atoms with Crippen molar-refractivity contribution in [2.45, 2.75) is 19.5 Å². The summed E-state index contributed by atoms with van der Waals surface area (Å²) in [6, 6.07) is 14.2. The summed E-state index contributed by atoms with van der Waals surface area (Å²) in [7, 11) is 0. The largest absolute Gasteiger partial charge is 0.416 e. The molecule has 4 rings (SSSR count). The third kappa shape index (κ3) is 6.43. The summed E-state index contributed by atoms with van der Waals surface area (Å²) in [5.41, 5.74) is 7.21. The number of aromatic nitrogens is 1. The van der Waals surface area contributed by atoms with E-state index in [9.17, 15) is 22.8 Å². The summed E-state index contributed by atoms with van der Waals surface area (Å²) in [6.07, 6.45) is -3.73.